The van der Waals surface area contributed by atoms with Gasteiger partial charge in [-0.15, -0.1) is 0 Å². The Labute approximate surface area is 128 Å². The van der Waals surface area contributed by atoms with Gasteiger partial charge in [0.2, 0.25) is 0 Å². The van der Waals surface area contributed by atoms with Gasteiger partial charge in [-0.05, 0) is 37.3 Å². The molecule has 1 fully saturated rings. The molecule has 0 heterocycles. The zero-order valence-corrected chi connectivity index (χ0v) is 13.2. The largest absolute Gasteiger partial charge is 0.377 e. The molecule has 4 nitrogen and oxygen atoms in total. The minimum Gasteiger partial charge on any atom is -0.377 e. The fraction of sp³-hybridized carbons (Fsp3) is 0.588. The molecule has 1 saturated carbocycles. The zero-order chi connectivity index (χ0) is 14.9. The van der Waals surface area contributed by atoms with Gasteiger partial charge in [-0.25, -0.2) is 4.99 Å². The average molecular weight is 289 g/mol. The predicted molar refractivity (Wildman–Crippen MR) is 87.4 cm³/mol. The summed E-state index contributed by atoms with van der Waals surface area (Å²) in [6.07, 6.45) is 3.56. The number of rotatable bonds is 8. The van der Waals surface area contributed by atoms with E-state index in [1.807, 2.05) is 0 Å². The topological polar surface area (TPSA) is 45.6 Å². The molecule has 0 spiro atoms. The molecule has 0 unspecified atom stereocenters. The van der Waals surface area contributed by atoms with Crippen molar-refractivity contribution in [1.82, 2.24) is 10.6 Å². The fourth-order valence-corrected chi connectivity index (χ4v) is 2.08. The van der Waals surface area contributed by atoms with E-state index < -0.39 is 0 Å². The number of nitrogens with one attached hydrogen (secondary N) is 2. The van der Waals surface area contributed by atoms with Gasteiger partial charge in [0.05, 0.1) is 13.2 Å². The highest BCUT2D eigenvalue weighted by Crippen LogP contribution is 2.18. The lowest BCUT2D eigenvalue weighted by Gasteiger charge is -2.12. The van der Waals surface area contributed by atoms with Gasteiger partial charge >= 0.3 is 0 Å². The Morgan fingerprint density at radius 1 is 1.24 bits per heavy atom. The summed E-state index contributed by atoms with van der Waals surface area (Å²) in [4.78, 5) is 4.69. The molecule has 0 bridgehead atoms. The van der Waals surface area contributed by atoms with E-state index in [2.05, 4.69) is 48.7 Å². The first-order valence-electron chi connectivity index (χ1n) is 8.02. The number of aliphatic imine (C=N–C) groups is 1. The van der Waals surface area contributed by atoms with E-state index in [0.717, 1.165) is 25.5 Å². The van der Waals surface area contributed by atoms with E-state index in [4.69, 9.17) is 9.73 Å². The van der Waals surface area contributed by atoms with Crippen LogP contribution in [0.25, 0.3) is 0 Å². The first kappa shape index (κ1) is 15.8. The van der Waals surface area contributed by atoms with Crippen molar-refractivity contribution in [3.8, 4) is 0 Å². The smallest absolute Gasteiger partial charge is 0.191 e. The second kappa shape index (κ2) is 8.67. The molecule has 0 aromatic heterocycles. The third-order valence-corrected chi connectivity index (χ3v) is 3.39. The highest BCUT2D eigenvalue weighted by atomic mass is 16.5. The third-order valence-electron chi connectivity index (χ3n) is 3.39. The molecular weight excluding hydrogens is 262 g/mol. The van der Waals surface area contributed by atoms with Crippen LogP contribution in [0.2, 0.25) is 0 Å². The number of guanidine groups is 1. The van der Waals surface area contributed by atoms with Crippen LogP contribution >= 0.6 is 0 Å². The van der Waals surface area contributed by atoms with Gasteiger partial charge in [0.1, 0.15) is 0 Å². The molecule has 1 aliphatic carbocycles. The standard InChI is InChI=1S/C17H27N3O/c1-3-11-21-13-15-8-6-5-7-14(15)12-19-17(18-4-2)20-16-9-10-16/h5-8,16H,3-4,9-13H2,1-2H3,(H2,18,19,20). The molecular formula is C17H27N3O. The molecule has 2 N–H and O–H groups in total. The quantitative estimate of drug-likeness (QED) is 0.439. The Kier molecular flexibility index (Phi) is 6.54. The summed E-state index contributed by atoms with van der Waals surface area (Å²) >= 11 is 0. The highest BCUT2D eigenvalue weighted by Gasteiger charge is 2.22. The van der Waals surface area contributed by atoms with Crippen LogP contribution in [0.1, 0.15) is 44.2 Å². The summed E-state index contributed by atoms with van der Waals surface area (Å²) in [5.41, 5.74) is 2.47. The number of hydrogen-bond acceptors (Lipinski definition) is 2. The third kappa shape index (κ3) is 5.76. The lowest BCUT2D eigenvalue weighted by atomic mass is 10.1. The molecule has 0 aliphatic heterocycles. The molecule has 0 radical (unpaired) electrons. The van der Waals surface area contributed by atoms with Crippen LogP contribution in [-0.2, 0) is 17.9 Å². The lowest BCUT2D eigenvalue weighted by Crippen LogP contribution is -2.38. The molecule has 1 aromatic rings. The Morgan fingerprint density at radius 2 is 2.00 bits per heavy atom. The lowest BCUT2D eigenvalue weighted by molar-refractivity contribution is 0.121. The monoisotopic (exact) mass is 289 g/mol. The number of ether oxygens (including phenoxy) is 1. The van der Waals surface area contributed by atoms with Crippen molar-refractivity contribution in [3.05, 3.63) is 35.4 Å². The van der Waals surface area contributed by atoms with E-state index in [1.54, 1.807) is 0 Å². The summed E-state index contributed by atoms with van der Waals surface area (Å²) in [6.45, 7) is 7.28. The van der Waals surface area contributed by atoms with Crippen molar-refractivity contribution in [2.45, 2.75) is 52.3 Å². The second-order valence-electron chi connectivity index (χ2n) is 5.44. The van der Waals surface area contributed by atoms with Gasteiger partial charge in [0.15, 0.2) is 5.96 Å². The molecule has 4 heteroatoms. The van der Waals surface area contributed by atoms with Crippen LogP contribution in [0.3, 0.4) is 0 Å². The van der Waals surface area contributed by atoms with E-state index in [1.165, 1.54) is 24.0 Å². The van der Waals surface area contributed by atoms with Gasteiger partial charge in [0.25, 0.3) is 0 Å². The van der Waals surface area contributed by atoms with Gasteiger partial charge in [-0.2, -0.15) is 0 Å². The van der Waals surface area contributed by atoms with E-state index in [0.29, 0.717) is 19.2 Å². The first-order chi connectivity index (χ1) is 10.3. The van der Waals surface area contributed by atoms with Gasteiger partial charge in [0, 0.05) is 19.2 Å². The summed E-state index contributed by atoms with van der Waals surface area (Å²) in [6, 6.07) is 9.00. The van der Waals surface area contributed by atoms with Crippen LogP contribution < -0.4 is 10.6 Å². The Hall–Kier alpha value is -1.55. The zero-order valence-electron chi connectivity index (χ0n) is 13.2. The van der Waals surface area contributed by atoms with E-state index in [9.17, 15) is 0 Å². The molecule has 0 atom stereocenters. The molecule has 0 saturated heterocycles. The molecule has 1 aromatic carbocycles. The van der Waals surface area contributed by atoms with E-state index in [-0.39, 0.29) is 0 Å². The van der Waals surface area contributed by atoms with Crippen molar-refractivity contribution in [2.24, 2.45) is 4.99 Å². The SMILES string of the molecule is CCCOCc1ccccc1CN=C(NCC)NC1CC1. The van der Waals surface area contributed by atoms with Crippen molar-refractivity contribution >= 4 is 5.96 Å². The minimum atomic E-state index is 0.617. The summed E-state index contributed by atoms with van der Waals surface area (Å²) < 4.78 is 5.66. The van der Waals surface area contributed by atoms with Crippen molar-refractivity contribution in [1.29, 1.82) is 0 Å². The minimum absolute atomic E-state index is 0.617. The molecule has 0 amide bonds. The van der Waals surface area contributed by atoms with Crippen LogP contribution in [-0.4, -0.2) is 25.2 Å². The average Bonchev–Trinajstić information content (AvgIpc) is 3.30. The number of nitrogens with zero attached hydrogens (tertiary/aromatic N) is 1. The Morgan fingerprint density at radius 3 is 2.67 bits per heavy atom. The summed E-state index contributed by atoms with van der Waals surface area (Å²) in [5.74, 6) is 0.921. The summed E-state index contributed by atoms with van der Waals surface area (Å²) in [5, 5.41) is 6.75. The van der Waals surface area contributed by atoms with Crippen molar-refractivity contribution in [2.75, 3.05) is 13.2 Å². The maximum atomic E-state index is 5.66. The van der Waals surface area contributed by atoms with Crippen molar-refractivity contribution < 1.29 is 4.74 Å². The van der Waals surface area contributed by atoms with Crippen LogP contribution in [0.4, 0.5) is 0 Å². The highest BCUT2D eigenvalue weighted by molar-refractivity contribution is 5.80. The van der Waals surface area contributed by atoms with E-state index >= 15 is 0 Å². The van der Waals surface area contributed by atoms with Crippen LogP contribution in [0.15, 0.2) is 29.3 Å². The molecule has 2 rings (SSSR count). The summed E-state index contributed by atoms with van der Waals surface area (Å²) in [7, 11) is 0. The second-order valence-corrected chi connectivity index (χ2v) is 5.44. The predicted octanol–water partition coefficient (Wildman–Crippen LogP) is 2.83. The molecule has 116 valence electrons. The van der Waals surface area contributed by atoms with Crippen molar-refractivity contribution in [3.63, 3.8) is 0 Å². The Bertz CT molecular complexity index is 455. The van der Waals surface area contributed by atoms with Crippen LogP contribution in [0.5, 0.6) is 0 Å². The van der Waals surface area contributed by atoms with Gasteiger partial charge < -0.3 is 15.4 Å². The van der Waals surface area contributed by atoms with Crippen LogP contribution in [0, 0.1) is 0 Å². The maximum absolute atomic E-state index is 5.66. The first-order valence-corrected chi connectivity index (χ1v) is 8.02. The molecule has 21 heavy (non-hydrogen) atoms. The molecule has 1 aliphatic rings. The van der Waals surface area contributed by atoms with Gasteiger partial charge in [-0.3, -0.25) is 0 Å². The Balaban J connectivity index is 1.95. The number of benzene rings is 1. The van der Waals surface area contributed by atoms with Gasteiger partial charge in [-0.1, -0.05) is 31.2 Å². The number of hydrogen-bond donors (Lipinski definition) is 2. The normalized spacial score (nSPS) is 15.0. The maximum Gasteiger partial charge on any atom is 0.191 e. The fourth-order valence-electron chi connectivity index (χ4n) is 2.08.